The second kappa shape index (κ2) is 7.74. The molecule has 1 aromatic carbocycles. The summed E-state index contributed by atoms with van der Waals surface area (Å²) in [4.78, 5) is 26.1. The molecule has 0 saturated heterocycles. The topological polar surface area (TPSA) is 67.8 Å². The van der Waals surface area contributed by atoms with Gasteiger partial charge in [0.05, 0.1) is 11.4 Å². The number of nitrogens with one attached hydrogen (secondary N) is 1. The van der Waals surface area contributed by atoms with E-state index in [0.29, 0.717) is 12.5 Å². The third-order valence-corrected chi connectivity index (χ3v) is 5.05. The first kappa shape index (κ1) is 19.2. The fourth-order valence-electron chi connectivity index (χ4n) is 3.09. The van der Waals surface area contributed by atoms with E-state index in [0.717, 1.165) is 46.7 Å². The number of amides is 1. The molecule has 1 fully saturated rings. The highest BCUT2D eigenvalue weighted by Crippen LogP contribution is 2.40. The Kier molecular flexibility index (Phi) is 5.14. The molecule has 1 saturated carbocycles. The number of hydrogen-bond donors (Lipinski definition) is 1. The highest BCUT2D eigenvalue weighted by molar-refractivity contribution is 5.81. The van der Waals surface area contributed by atoms with Crippen molar-refractivity contribution in [2.45, 2.75) is 46.1 Å². The van der Waals surface area contributed by atoms with Gasteiger partial charge < -0.3 is 5.32 Å². The lowest BCUT2D eigenvalue weighted by Crippen LogP contribution is -2.34. The summed E-state index contributed by atoms with van der Waals surface area (Å²) in [5.74, 6) is 1.45. The van der Waals surface area contributed by atoms with E-state index in [1.807, 2.05) is 57.3 Å². The van der Waals surface area contributed by atoms with Gasteiger partial charge in [0.15, 0.2) is 0 Å². The van der Waals surface area contributed by atoms with Gasteiger partial charge in [0.2, 0.25) is 5.91 Å². The van der Waals surface area contributed by atoms with E-state index in [1.54, 1.807) is 6.20 Å². The summed E-state index contributed by atoms with van der Waals surface area (Å²) in [6.45, 7) is 6.26. The van der Waals surface area contributed by atoms with E-state index < -0.39 is 5.41 Å². The van der Waals surface area contributed by atoms with Crippen LogP contribution in [0.4, 0.5) is 0 Å². The molecule has 5 heteroatoms. The van der Waals surface area contributed by atoms with Gasteiger partial charge in [-0.25, -0.2) is 9.97 Å². The molecule has 4 rings (SSSR count). The minimum absolute atomic E-state index is 0.0453. The molecule has 1 aliphatic rings. The number of nitrogens with zero attached hydrogens (tertiary/aromatic N) is 3. The van der Waals surface area contributed by atoms with Crippen LogP contribution in [0.5, 0.6) is 0 Å². The molecular weight excluding hydrogens is 360 g/mol. The van der Waals surface area contributed by atoms with Crippen LogP contribution in [0.25, 0.3) is 22.5 Å². The van der Waals surface area contributed by atoms with E-state index in [-0.39, 0.29) is 5.91 Å². The smallest absolute Gasteiger partial charge is 0.225 e. The van der Waals surface area contributed by atoms with Crippen molar-refractivity contribution in [3.05, 3.63) is 66.2 Å². The normalized spacial score (nSPS) is 13.9. The summed E-state index contributed by atoms with van der Waals surface area (Å²) in [5, 5.41) is 2.99. The maximum Gasteiger partial charge on any atom is 0.225 e. The molecule has 5 nitrogen and oxygen atoms in total. The van der Waals surface area contributed by atoms with Crippen molar-refractivity contribution >= 4 is 5.91 Å². The third-order valence-electron chi connectivity index (χ3n) is 5.05. The van der Waals surface area contributed by atoms with Crippen molar-refractivity contribution in [3.8, 4) is 22.5 Å². The van der Waals surface area contributed by atoms with E-state index in [9.17, 15) is 4.79 Å². The molecule has 1 aliphatic carbocycles. The molecule has 1 amide bonds. The molecule has 2 heterocycles. The van der Waals surface area contributed by atoms with Crippen molar-refractivity contribution in [1.29, 1.82) is 0 Å². The predicted octanol–water partition coefficient (Wildman–Crippen LogP) is 4.75. The van der Waals surface area contributed by atoms with Gasteiger partial charge >= 0.3 is 0 Å². The highest BCUT2D eigenvalue weighted by atomic mass is 16.2. The first-order valence-electron chi connectivity index (χ1n) is 10.1. The van der Waals surface area contributed by atoms with Gasteiger partial charge in [0.25, 0.3) is 0 Å². The Morgan fingerprint density at radius 2 is 1.83 bits per heavy atom. The molecule has 0 aliphatic heterocycles. The zero-order chi connectivity index (χ0) is 20.4. The van der Waals surface area contributed by atoms with Crippen molar-refractivity contribution in [1.82, 2.24) is 20.3 Å². The van der Waals surface area contributed by atoms with Gasteiger partial charge in [0, 0.05) is 41.4 Å². The summed E-state index contributed by atoms with van der Waals surface area (Å²) in [5.41, 5.74) is 4.40. The highest BCUT2D eigenvalue weighted by Gasteiger charge is 2.27. The molecule has 2 aromatic heterocycles. The van der Waals surface area contributed by atoms with Crippen LogP contribution < -0.4 is 5.32 Å². The van der Waals surface area contributed by atoms with Gasteiger partial charge in [-0.1, -0.05) is 51.1 Å². The fourth-order valence-corrected chi connectivity index (χ4v) is 3.09. The summed E-state index contributed by atoms with van der Waals surface area (Å²) in [6.07, 6.45) is 6.01. The van der Waals surface area contributed by atoms with Crippen molar-refractivity contribution in [2.24, 2.45) is 5.41 Å². The molecule has 0 radical (unpaired) electrons. The van der Waals surface area contributed by atoms with Crippen LogP contribution in [-0.2, 0) is 11.3 Å². The van der Waals surface area contributed by atoms with Crippen molar-refractivity contribution in [2.75, 3.05) is 0 Å². The maximum absolute atomic E-state index is 12.1. The predicted molar refractivity (Wildman–Crippen MR) is 114 cm³/mol. The first-order valence-corrected chi connectivity index (χ1v) is 10.1. The number of hydrogen-bond acceptors (Lipinski definition) is 4. The van der Waals surface area contributed by atoms with Gasteiger partial charge in [0.1, 0.15) is 5.82 Å². The Balaban J connectivity index is 1.62. The quantitative estimate of drug-likeness (QED) is 0.687. The minimum Gasteiger partial charge on any atom is -0.352 e. The SMILES string of the molecule is CC(C)(C)C(=O)NCc1ccc(-c2nc(C3CC3)ncc2-c2ccccn2)cc1. The monoisotopic (exact) mass is 386 g/mol. The average Bonchev–Trinajstić information content (AvgIpc) is 3.57. The number of carbonyl (C=O) groups is 1. The molecule has 148 valence electrons. The van der Waals surface area contributed by atoms with E-state index >= 15 is 0 Å². The van der Waals surface area contributed by atoms with Crippen LogP contribution in [0.3, 0.4) is 0 Å². The molecule has 29 heavy (non-hydrogen) atoms. The summed E-state index contributed by atoms with van der Waals surface area (Å²) in [7, 11) is 0. The van der Waals surface area contributed by atoms with Crippen LogP contribution in [0.1, 0.15) is 50.9 Å². The minimum atomic E-state index is -0.391. The lowest BCUT2D eigenvalue weighted by atomic mass is 9.95. The molecule has 0 spiro atoms. The number of aromatic nitrogens is 3. The Morgan fingerprint density at radius 3 is 2.45 bits per heavy atom. The molecule has 0 unspecified atom stereocenters. The summed E-state index contributed by atoms with van der Waals surface area (Å²) < 4.78 is 0. The van der Waals surface area contributed by atoms with Crippen LogP contribution in [0.15, 0.2) is 54.9 Å². The Bertz CT molecular complexity index is 1000. The summed E-state index contributed by atoms with van der Waals surface area (Å²) in [6, 6.07) is 14.1. The number of pyridine rings is 1. The maximum atomic E-state index is 12.1. The zero-order valence-electron chi connectivity index (χ0n) is 17.1. The van der Waals surface area contributed by atoms with Crippen LogP contribution in [-0.4, -0.2) is 20.9 Å². The molecule has 0 bridgehead atoms. The number of benzene rings is 1. The number of rotatable bonds is 5. The Morgan fingerprint density at radius 1 is 1.07 bits per heavy atom. The van der Waals surface area contributed by atoms with E-state index in [2.05, 4.69) is 27.4 Å². The lowest BCUT2D eigenvalue weighted by Gasteiger charge is -2.17. The van der Waals surface area contributed by atoms with Crippen LogP contribution in [0, 0.1) is 5.41 Å². The zero-order valence-corrected chi connectivity index (χ0v) is 17.1. The molecular formula is C24H26N4O. The standard InChI is InChI=1S/C24H26N4O/c1-24(2,3)23(29)27-14-16-7-9-17(10-8-16)21-19(20-6-4-5-13-25-20)15-26-22(28-21)18-11-12-18/h4-10,13,15,18H,11-12,14H2,1-3H3,(H,27,29). The number of carbonyl (C=O) groups excluding carboxylic acids is 1. The lowest BCUT2D eigenvalue weighted by molar-refractivity contribution is -0.128. The largest absolute Gasteiger partial charge is 0.352 e. The third kappa shape index (κ3) is 4.50. The van der Waals surface area contributed by atoms with Gasteiger partial charge in [-0.15, -0.1) is 0 Å². The fraction of sp³-hybridized carbons (Fsp3) is 0.333. The molecule has 0 atom stereocenters. The molecule has 1 N–H and O–H groups in total. The summed E-state index contributed by atoms with van der Waals surface area (Å²) >= 11 is 0. The van der Waals surface area contributed by atoms with Gasteiger partial charge in [-0.2, -0.15) is 0 Å². The van der Waals surface area contributed by atoms with Crippen molar-refractivity contribution in [3.63, 3.8) is 0 Å². The molecule has 3 aromatic rings. The van der Waals surface area contributed by atoms with Crippen LogP contribution >= 0.6 is 0 Å². The Labute approximate surface area is 171 Å². The van der Waals surface area contributed by atoms with Crippen molar-refractivity contribution < 1.29 is 4.79 Å². The average molecular weight is 386 g/mol. The Hall–Kier alpha value is -3.08. The van der Waals surface area contributed by atoms with Crippen LogP contribution in [0.2, 0.25) is 0 Å². The van der Waals surface area contributed by atoms with Gasteiger partial charge in [-0.05, 0) is 30.5 Å². The van der Waals surface area contributed by atoms with E-state index in [4.69, 9.17) is 4.98 Å². The second-order valence-electron chi connectivity index (χ2n) is 8.61. The van der Waals surface area contributed by atoms with E-state index in [1.165, 1.54) is 0 Å². The second-order valence-corrected chi connectivity index (χ2v) is 8.61. The first-order chi connectivity index (χ1) is 13.9. The van der Waals surface area contributed by atoms with Gasteiger partial charge in [-0.3, -0.25) is 9.78 Å².